The van der Waals surface area contributed by atoms with Crippen molar-refractivity contribution in [3.63, 3.8) is 0 Å². The molecule has 2 heteroatoms. The summed E-state index contributed by atoms with van der Waals surface area (Å²) in [7, 11) is 1.39. The van der Waals surface area contributed by atoms with E-state index >= 15 is 0 Å². The van der Waals surface area contributed by atoms with Crippen molar-refractivity contribution >= 4 is 5.97 Å². The Kier molecular flexibility index (Phi) is 5.93. The highest BCUT2D eigenvalue weighted by molar-refractivity contribution is 5.81. The summed E-state index contributed by atoms with van der Waals surface area (Å²) in [6, 6.07) is 0. The molecule has 0 aromatic rings. The predicted octanol–water partition coefficient (Wildman–Crippen LogP) is 3.10. The van der Waals surface area contributed by atoms with Crippen LogP contribution < -0.4 is 0 Å². The lowest BCUT2D eigenvalue weighted by atomic mass is 9.96. The molecule has 80 valence electrons. The molecule has 0 aromatic carbocycles. The van der Waals surface area contributed by atoms with Gasteiger partial charge in [-0.15, -0.1) is 0 Å². The fourth-order valence-electron chi connectivity index (χ4n) is 1.10. The molecule has 0 spiro atoms. The summed E-state index contributed by atoms with van der Waals surface area (Å²) >= 11 is 0. The van der Waals surface area contributed by atoms with E-state index < -0.39 is 0 Å². The Balaban J connectivity index is 4.42. The van der Waals surface area contributed by atoms with Gasteiger partial charge in [0.05, 0.1) is 7.11 Å². The van der Waals surface area contributed by atoms with Gasteiger partial charge in [-0.25, -0.2) is 4.79 Å². The molecule has 0 radical (unpaired) electrons. The third-order valence-corrected chi connectivity index (χ3v) is 2.61. The standard InChI is InChI=1S/C12H20O2/c1-6-9(2)11(4)10(3)7-8-12(13)14-5/h7-8,10H,6H2,1-5H3/b8-7+,11-9-. The molecule has 0 aliphatic heterocycles. The van der Waals surface area contributed by atoms with Crippen LogP contribution in [-0.4, -0.2) is 13.1 Å². The Bertz CT molecular complexity index is 249. The minimum absolute atomic E-state index is 0.293. The lowest BCUT2D eigenvalue weighted by Crippen LogP contribution is -1.99. The van der Waals surface area contributed by atoms with Crippen LogP contribution in [0.5, 0.6) is 0 Å². The Morgan fingerprint density at radius 1 is 1.43 bits per heavy atom. The molecule has 0 rings (SSSR count). The highest BCUT2D eigenvalue weighted by atomic mass is 16.5. The Hall–Kier alpha value is -1.05. The summed E-state index contributed by atoms with van der Waals surface area (Å²) in [4.78, 5) is 10.9. The van der Waals surface area contributed by atoms with Crippen molar-refractivity contribution < 1.29 is 9.53 Å². The van der Waals surface area contributed by atoms with Crippen LogP contribution >= 0.6 is 0 Å². The molecule has 14 heavy (non-hydrogen) atoms. The first-order valence-corrected chi connectivity index (χ1v) is 4.95. The first kappa shape index (κ1) is 12.9. The third kappa shape index (κ3) is 4.26. The van der Waals surface area contributed by atoms with E-state index in [1.165, 1.54) is 24.3 Å². The predicted molar refractivity (Wildman–Crippen MR) is 59.0 cm³/mol. The number of carbonyl (C=O) groups is 1. The van der Waals surface area contributed by atoms with E-state index in [4.69, 9.17) is 0 Å². The van der Waals surface area contributed by atoms with E-state index in [2.05, 4.69) is 32.4 Å². The maximum Gasteiger partial charge on any atom is 0.330 e. The van der Waals surface area contributed by atoms with Gasteiger partial charge < -0.3 is 4.74 Å². The Morgan fingerprint density at radius 2 is 2.00 bits per heavy atom. The average Bonchev–Trinajstić information content (AvgIpc) is 2.22. The molecular formula is C12H20O2. The number of rotatable bonds is 4. The summed E-state index contributed by atoms with van der Waals surface area (Å²) in [5, 5.41) is 0. The maximum absolute atomic E-state index is 10.9. The molecule has 1 unspecified atom stereocenters. The van der Waals surface area contributed by atoms with Crippen molar-refractivity contribution in [1.29, 1.82) is 0 Å². The highest BCUT2D eigenvalue weighted by Crippen LogP contribution is 2.17. The van der Waals surface area contributed by atoms with E-state index in [0.29, 0.717) is 5.92 Å². The molecule has 0 saturated carbocycles. The van der Waals surface area contributed by atoms with Crippen LogP contribution in [0.15, 0.2) is 23.3 Å². The summed E-state index contributed by atoms with van der Waals surface area (Å²) < 4.78 is 4.53. The van der Waals surface area contributed by atoms with Gasteiger partial charge >= 0.3 is 5.97 Å². The molecule has 0 amide bonds. The summed E-state index contributed by atoms with van der Waals surface area (Å²) in [6.07, 6.45) is 4.42. The zero-order valence-corrected chi connectivity index (χ0v) is 9.76. The number of esters is 1. The topological polar surface area (TPSA) is 26.3 Å². The number of allylic oxidation sites excluding steroid dienone is 3. The van der Waals surface area contributed by atoms with Gasteiger partial charge in [-0.05, 0) is 26.2 Å². The lowest BCUT2D eigenvalue weighted by molar-refractivity contribution is -0.134. The molecular weight excluding hydrogens is 176 g/mol. The normalized spacial score (nSPS) is 15.2. The van der Waals surface area contributed by atoms with Gasteiger partial charge in [0.25, 0.3) is 0 Å². The van der Waals surface area contributed by atoms with Crippen LogP contribution in [0.25, 0.3) is 0 Å². The number of hydrogen-bond acceptors (Lipinski definition) is 2. The molecule has 0 heterocycles. The first-order chi connectivity index (χ1) is 6.52. The van der Waals surface area contributed by atoms with Crippen LogP contribution in [0, 0.1) is 5.92 Å². The van der Waals surface area contributed by atoms with Crippen LogP contribution in [-0.2, 0) is 9.53 Å². The second-order valence-electron chi connectivity index (χ2n) is 3.49. The van der Waals surface area contributed by atoms with Crippen molar-refractivity contribution in [3.8, 4) is 0 Å². The van der Waals surface area contributed by atoms with Gasteiger partial charge in [0, 0.05) is 6.08 Å². The molecule has 0 fully saturated rings. The second kappa shape index (κ2) is 6.41. The minimum atomic E-state index is -0.293. The summed E-state index contributed by atoms with van der Waals surface area (Å²) in [5.41, 5.74) is 2.71. The molecule has 0 aromatic heterocycles. The van der Waals surface area contributed by atoms with E-state index in [0.717, 1.165) is 6.42 Å². The van der Waals surface area contributed by atoms with Crippen molar-refractivity contribution in [3.05, 3.63) is 23.3 Å². The number of ether oxygens (including phenoxy) is 1. The SMILES string of the molecule is CC/C(C)=C(/C)C(C)/C=C/C(=O)OC. The molecule has 0 N–H and O–H groups in total. The van der Waals surface area contributed by atoms with Gasteiger partial charge in [0.1, 0.15) is 0 Å². The van der Waals surface area contributed by atoms with Crippen LogP contribution in [0.3, 0.4) is 0 Å². The smallest absolute Gasteiger partial charge is 0.330 e. The van der Waals surface area contributed by atoms with Crippen molar-refractivity contribution in [1.82, 2.24) is 0 Å². The molecule has 0 aliphatic carbocycles. The van der Waals surface area contributed by atoms with Gasteiger partial charge in [-0.2, -0.15) is 0 Å². The lowest BCUT2D eigenvalue weighted by Gasteiger charge is -2.10. The minimum Gasteiger partial charge on any atom is -0.466 e. The summed E-state index contributed by atoms with van der Waals surface area (Å²) in [5.74, 6) is 0.00727. The highest BCUT2D eigenvalue weighted by Gasteiger charge is 2.03. The van der Waals surface area contributed by atoms with Crippen molar-refractivity contribution in [2.24, 2.45) is 5.92 Å². The molecule has 1 atom stereocenters. The van der Waals surface area contributed by atoms with Gasteiger partial charge in [0.15, 0.2) is 0 Å². The van der Waals surface area contributed by atoms with Gasteiger partial charge in [-0.1, -0.05) is 31.1 Å². The van der Waals surface area contributed by atoms with E-state index in [1.807, 2.05) is 6.08 Å². The van der Waals surface area contributed by atoms with Crippen LogP contribution in [0.1, 0.15) is 34.1 Å². The maximum atomic E-state index is 10.9. The fourth-order valence-corrected chi connectivity index (χ4v) is 1.10. The van der Waals surface area contributed by atoms with E-state index in [9.17, 15) is 4.79 Å². The molecule has 0 saturated heterocycles. The summed E-state index contributed by atoms with van der Waals surface area (Å²) in [6.45, 7) is 8.44. The van der Waals surface area contributed by atoms with Crippen LogP contribution in [0.4, 0.5) is 0 Å². The van der Waals surface area contributed by atoms with Gasteiger partial charge in [0.2, 0.25) is 0 Å². The van der Waals surface area contributed by atoms with Gasteiger partial charge in [-0.3, -0.25) is 0 Å². The fraction of sp³-hybridized carbons (Fsp3) is 0.583. The van der Waals surface area contributed by atoms with Crippen molar-refractivity contribution in [2.45, 2.75) is 34.1 Å². The average molecular weight is 196 g/mol. The Morgan fingerprint density at radius 3 is 2.43 bits per heavy atom. The van der Waals surface area contributed by atoms with E-state index in [1.54, 1.807) is 0 Å². The largest absolute Gasteiger partial charge is 0.466 e. The Labute approximate surface area is 86.6 Å². The van der Waals surface area contributed by atoms with Crippen LogP contribution in [0.2, 0.25) is 0 Å². The zero-order valence-electron chi connectivity index (χ0n) is 9.76. The second-order valence-corrected chi connectivity index (χ2v) is 3.49. The number of carbonyl (C=O) groups excluding carboxylic acids is 1. The number of hydrogen-bond donors (Lipinski definition) is 0. The third-order valence-electron chi connectivity index (χ3n) is 2.61. The van der Waals surface area contributed by atoms with Crippen molar-refractivity contribution in [2.75, 3.05) is 7.11 Å². The first-order valence-electron chi connectivity index (χ1n) is 4.95. The molecule has 2 nitrogen and oxygen atoms in total. The monoisotopic (exact) mass is 196 g/mol. The number of methoxy groups -OCH3 is 1. The molecule has 0 bridgehead atoms. The zero-order chi connectivity index (χ0) is 11.1. The van der Waals surface area contributed by atoms with E-state index in [-0.39, 0.29) is 5.97 Å². The quantitative estimate of drug-likeness (QED) is 0.392. The molecule has 0 aliphatic rings.